The van der Waals surface area contributed by atoms with E-state index in [1.165, 1.54) is 0 Å². The highest BCUT2D eigenvalue weighted by Crippen LogP contribution is 2.08. The predicted molar refractivity (Wildman–Crippen MR) is 93.7 cm³/mol. The first-order chi connectivity index (χ1) is 11.2. The van der Waals surface area contributed by atoms with Crippen LogP contribution in [0.3, 0.4) is 0 Å². The third-order valence-electron chi connectivity index (χ3n) is 2.95. The van der Waals surface area contributed by atoms with Gasteiger partial charge < -0.3 is 10.1 Å². The molecular formula is C17H19N3O2S. The third kappa shape index (κ3) is 6.80. The number of hydrogen-bond donors (Lipinski definition) is 3. The molecule has 23 heavy (non-hydrogen) atoms. The van der Waals surface area contributed by atoms with Gasteiger partial charge in [-0.3, -0.25) is 15.6 Å². The van der Waals surface area contributed by atoms with Crippen LogP contribution in [0.2, 0.25) is 0 Å². The molecule has 5 nitrogen and oxygen atoms in total. The zero-order valence-corrected chi connectivity index (χ0v) is 13.4. The van der Waals surface area contributed by atoms with Gasteiger partial charge in [-0.05, 0) is 29.9 Å². The van der Waals surface area contributed by atoms with Crippen molar-refractivity contribution in [2.75, 3.05) is 6.61 Å². The Kier molecular flexibility index (Phi) is 6.87. The highest BCUT2D eigenvalue weighted by molar-refractivity contribution is 7.80. The molecule has 0 saturated heterocycles. The fraction of sp³-hybridized carbons (Fsp3) is 0.176. The van der Waals surface area contributed by atoms with Crippen molar-refractivity contribution in [3.63, 3.8) is 0 Å². The maximum Gasteiger partial charge on any atom is 0.241 e. The molecule has 0 atom stereocenters. The fourth-order valence-electron chi connectivity index (χ4n) is 1.79. The van der Waals surface area contributed by atoms with Crippen molar-refractivity contribution in [2.45, 2.75) is 13.0 Å². The van der Waals surface area contributed by atoms with Crippen LogP contribution in [0, 0.1) is 0 Å². The van der Waals surface area contributed by atoms with E-state index in [1.807, 2.05) is 60.7 Å². The summed E-state index contributed by atoms with van der Waals surface area (Å²) >= 11 is 5.09. The van der Waals surface area contributed by atoms with Crippen LogP contribution >= 0.6 is 12.2 Å². The third-order valence-corrected chi connectivity index (χ3v) is 3.20. The first-order valence-corrected chi connectivity index (χ1v) is 7.69. The molecule has 0 saturated carbocycles. The van der Waals surface area contributed by atoms with Gasteiger partial charge in [0, 0.05) is 6.54 Å². The van der Waals surface area contributed by atoms with E-state index in [-0.39, 0.29) is 12.3 Å². The van der Waals surface area contributed by atoms with Gasteiger partial charge in [0.1, 0.15) is 5.75 Å². The average Bonchev–Trinajstić information content (AvgIpc) is 2.60. The Labute approximate surface area is 141 Å². The largest absolute Gasteiger partial charge is 0.493 e. The molecule has 0 fully saturated rings. The number of para-hydroxylation sites is 1. The molecule has 3 N–H and O–H groups in total. The van der Waals surface area contributed by atoms with E-state index in [0.29, 0.717) is 18.3 Å². The van der Waals surface area contributed by atoms with E-state index in [9.17, 15) is 4.79 Å². The normalized spacial score (nSPS) is 9.74. The first kappa shape index (κ1) is 16.8. The number of carbonyl (C=O) groups is 1. The molecule has 6 heteroatoms. The first-order valence-electron chi connectivity index (χ1n) is 7.28. The molecule has 2 rings (SSSR count). The predicted octanol–water partition coefficient (Wildman–Crippen LogP) is 2.15. The Hall–Kier alpha value is -2.60. The van der Waals surface area contributed by atoms with E-state index in [4.69, 9.17) is 17.0 Å². The standard InChI is InChI=1S/C17H19N3O2S/c21-16(11-12-22-15-9-5-2-6-10-15)19-20-17(23)18-13-14-7-3-1-4-8-14/h1-10H,11-13H2,(H,19,21)(H2,18,20,23). The van der Waals surface area contributed by atoms with E-state index < -0.39 is 0 Å². The lowest BCUT2D eigenvalue weighted by Crippen LogP contribution is -2.46. The summed E-state index contributed by atoms with van der Waals surface area (Å²) in [5.41, 5.74) is 6.31. The van der Waals surface area contributed by atoms with Crippen molar-refractivity contribution in [1.29, 1.82) is 0 Å². The number of hydrogen-bond acceptors (Lipinski definition) is 3. The van der Waals surface area contributed by atoms with Crippen molar-refractivity contribution in [3.8, 4) is 5.75 Å². The van der Waals surface area contributed by atoms with Crippen LogP contribution < -0.4 is 20.9 Å². The minimum absolute atomic E-state index is 0.190. The maximum absolute atomic E-state index is 11.7. The van der Waals surface area contributed by atoms with Gasteiger partial charge >= 0.3 is 0 Å². The van der Waals surface area contributed by atoms with Crippen LogP contribution in [0.25, 0.3) is 0 Å². The summed E-state index contributed by atoms with van der Waals surface area (Å²) in [5, 5.41) is 3.38. The van der Waals surface area contributed by atoms with E-state index in [0.717, 1.165) is 11.3 Å². The molecule has 1 amide bonds. The van der Waals surface area contributed by atoms with Gasteiger partial charge in [0.25, 0.3) is 0 Å². The molecule has 0 spiro atoms. The van der Waals surface area contributed by atoms with E-state index in [1.54, 1.807) is 0 Å². The Morgan fingerprint density at radius 1 is 0.957 bits per heavy atom. The molecule has 0 bridgehead atoms. The van der Waals surface area contributed by atoms with Crippen molar-refractivity contribution in [1.82, 2.24) is 16.2 Å². The summed E-state index contributed by atoms with van der Waals surface area (Å²) in [6.45, 7) is 0.904. The van der Waals surface area contributed by atoms with Gasteiger partial charge in [-0.25, -0.2) is 0 Å². The summed E-state index contributed by atoms with van der Waals surface area (Å²) in [5.74, 6) is 0.554. The van der Waals surface area contributed by atoms with Gasteiger partial charge in [0.2, 0.25) is 5.91 Å². The molecule has 0 unspecified atom stereocenters. The van der Waals surface area contributed by atoms with Crippen LogP contribution in [-0.2, 0) is 11.3 Å². The number of nitrogens with one attached hydrogen (secondary N) is 3. The summed E-state index contributed by atoms with van der Waals surface area (Å²) in [7, 11) is 0. The van der Waals surface area contributed by atoms with Gasteiger partial charge in [-0.15, -0.1) is 0 Å². The number of thiocarbonyl (C=S) groups is 1. The summed E-state index contributed by atoms with van der Waals surface area (Å²) in [6, 6.07) is 19.2. The van der Waals surface area contributed by atoms with Crippen LogP contribution in [0.4, 0.5) is 0 Å². The Balaban J connectivity index is 1.57. The highest BCUT2D eigenvalue weighted by Gasteiger charge is 2.03. The number of hydrazine groups is 1. The summed E-state index contributed by atoms with van der Waals surface area (Å²) < 4.78 is 5.45. The SMILES string of the molecule is O=C(CCOc1ccccc1)NNC(=S)NCc1ccccc1. The van der Waals surface area contributed by atoms with Crippen LogP contribution in [-0.4, -0.2) is 17.6 Å². The molecule has 0 radical (unpaired) electrons. The molecule has 0 aromatic heterocycles. The number of benzene rings is 2. The molecule has 2 aromatic carbocycles. The van der Waals surface area contributed by atoms with Crippen molar-refractivity contribution in [2.24, 2.45) is 0 Å². The van der Waals surface area contributed by atoms with Gasteiger partial charge in [0.15, 0.2) is 5.11 Å². The molecule has 0 aliphatic carbocycles. The van der Waals surface area contributed by atoms with Gasteiger partial charge in [0.05, 0.1) is 13.0 Å². The number of carbonyl (C=O) groups excluding carboxylic acids is 1. The van der Waals surface area contributed by atoms with Crippen molar-refractivity contribution >= 4 is 23.2 Å². The Morgan fingerprint density at radius 3 is 2.30 bits per heavy atom. The molecule has 0 aliphatic rings. The number of ether oxygens (including phenoxy) is 1. The second-order valence-corrected chi connectivity index (χ2v) is 5.16. The zero-order valence-electron chi connectivity index (χ0n) is 12.6. The second kappa shape index (κ2) is 9.42. The number of amides is 1. The zero-order chi connectivity index (χ0) is 16.3. The lowest BCUT2D eigenvalue weighted by atomic mass is 10.2. The quantitative estimate of drug-likeness (QED) is 0.560. The van der Waals surface area contributed by atoms with Crippen LogP contribution in [0.1, 0.15) is 12.0 Å². The van der Waals surface area contributed by atoms with Crippen LogP contribution in [0.5, 0.6) is 5.75 Å². The van der Waals surface area contributed by atoms with Crippen molar-refractivity contribution < 1.29 is 9.53 Å². The minimum Gasteiger partial charge on any atom is -0.493 e. The van der Waals surface area contributed by atoms with Gasteiger partial charge in [-0.1, -0.05) is 48.5 Å². The number of rotatable bonds is 6. The molecule has 0 aliphatic heterocycles. The van der Waals surface area contributed by atoms with E-state index in [2.05, 4.69) is 16.2 Å². The molecular weight excluding hydrogens is 310 g/mol. The highest BCUT2D eigenvalue weighted by atomic mass is 32.1. The van der Waals surface area contributed by atoms with Gasteiger partial charge in [-0.2, -0.15) is 0 Å². The Bertz CT molecular complexity index is 620. The molecule has 120 valence electrons. The second-order valence-electron chi connectivity index (χ2n) is 4.75. The lowest BCUT2D eigenvalue weighted by Gasteiger charge is -2.12. The smallest absolute Gasteiger partial charge is 0.241 e. The molecule has 0 heterocycles. The molecule has 2 aromatic rings. The Morgan fingerprint density at radius 2 is 1.61 bits per heavy atom. The van der Waals surface area contributed by atoms with Crippen LogP contribution in [0.15, 0.2) is 60.7 Å². The lowest BCUT2D eigenvalue weighted by molar-refractivity contribution is -0.122. The summed E-state index contributed by atoms with van der Waals surface area (Å²) in [4.78, 5) is 11.7. The monoisotopic (exact) mass is 329 g/mol. The van der Waals surface area contributed by atoms with Crippen molar-refractivity contribution in [3.05, 3.63) is 66.2 Å². The minimum atomic E-state index is -0.190. The maximum atomic E-state index is 11.7. The summed E-state index contributed by atoms with van der Waals surface area (Å²) in [6.07, 6.45) is 0.239. The fourth-order valence-corrected chi connectivity index (χ4v) is 1.91. The average molecular weight is 329 g/mol. The topological polar surface area (TPSA) is 62.4 Å². The van der Waals surface area contributed by atoms with E-state index >= 15 is 0 Å².